The first-order chi connectivity index (χ1) is 14.5. The second kappa shape index (κ2) is 10.4. The van der Waals surface area contributed by atoms with Crippen LogP contribution in [-0.2, 0) is 4.79 Å². The normalized spacial score (nSPS) is 18.1. The number of carboxylic acids is 1. The van der Waals surface area contributed by atoms with Crippen LogP contribution in [0.4, 0.5) is 0 Å². The molecule has 1 saturated heterocycles. The first-order valence-corrected chi connectivity index (χ1v) is 11.0. The van der Waals surface area contributed by atoms with Crippen molar-refractivity contribution in [3.8, 4) is 11.5 Å². The van der Waals surface area contributed by atoms with Gasteiger partial charge in [-0.3, -0.25) is 9.69 Å². The highest BCUT2D eigenvalue weighted by Gasteiger charge is 2.33. The fourth-order valence-electron chi connectivity index (χ4n) is 4.00. The van der Waals surface area contributed by atoms with Gasteiger partial charge < -0.3 is 14.6 Å². The topological polar surface area (TPSA) is 59.0 Å². The van der Waals surface area contributed by atoms with Crippen LogP contribution in [0.5, 0.6) is 11.5 Å². The average molecular weight is 452 g/mol. The fourth-order valence-corrected chi connectivity index (χ4v) is 4.41. The zero-order valence-electron chi connectivity index (χ0n) is 17.2. The lowest BCUT2D eigenvalue weighted by Gasteiger charge is -2.38. The molecule has 2 unspecified atom stereocenters. The second-order valence-corrected chi connectivity index (χ2v) is 8.08. The first kappa shape index (κ1) is 22.7. The largest absolute Gasteiger partial charge is 0.490 e. The molecule has 30 heavy (non-hydrogen) atoms. The summed E-state index contributed by atoms with van der Waals surface area (Å²) in [7, 11) is 0. The molecule has 2 atom stereocenters. The lowest BCUT2D eigenvalue weighted by atomic mass is 9.91. The molecular formula is C23H27Cl2NO4. The molecule has 0 aromatic heterocycles. The molecule has 1 N–H and O–H groups in total. The maximum atomic E-state index is 11.7. The Morgan fingerprint density at radius 2 is 1.90 bits per heavy atom. The van der Waals surface area contributed by atoms with Gasteiger partial charge in [0.05, 0.1) is 35.2 Å². The van der Waals surface area contributed by atoms with Crippen LogP contribution in [0.3, 0.4) is 0 Å². The van der Waals surface area contributed by atoms with E-state index in [9.17, 15) is 9.90 Å². The van der Waals surface area contributed by atoms with E-state index in [1.54, 1.807) is 6.07 Å². The number of carbonyl (C=O) groups is 1. The Labute approximate surface area is 187 Å². The maximum Gasteiger partial charge on any atom is 0.307 e. The third kappa shape index (κ3) is 5.02. The molecule has 1 aliphatic heterocycles. The highest BCUT2D eigenvalue weighted by molar-refractivity contribution is 6.42. The number of hydrogen-bond donors (Lipinski definition) is 1. The first-order valence-electron chi connectivity index (χ1n) is 10.3. The smallest absolute Gasteiger partial charge is 0.307 e. The third-order valence-electron chi connectivity index (χ3n) is 5.33. The van der Waals surface area contributed by atoms with E-state index in [0.29, 0.717) is 47.7 Å². The van der Waals surface area contributed by atoms with Gasteiger partial charge in [-0.15, -0.1) is 0 Å². The van der Waals surface area contributed by atoms with E-state index in [1.807, 2.05) is 44.2 Å². The van der Waals surface area contributed by atoms with Crippen molar-refractivity contribution in [1.29, 1.82) is 0 Å². The Kier molecular flexibility index (Phi) is 7.87. The number of halogens is 2. The number of likely N-dealkylation sites (tertiary alicyclic amines) is 1. The molecule has 0 amide bonds. The van der Waals surface area contributed by atoms with Gasteiger partial charge in [0.15, 0.2) is 11.5 Å². The zero-order valence-corrected chi connectivity index (χ0v) is 18.7. The standard InChI is InChI=1S/C23H27Cl2NO4/c1-3-29-19-11-10-15(13-20(19)30-4-2)22(17-8-5-9-18(24)21(17)25)26-12-6-7-16(14-26)23(27)28/h5,8-11,13,16,22H,3-4,6-7,12,14H2,1-2H3,(H,27,28). The van der Waals surface area contributed by atoms with Gasteiger partial charge in [0.2, 0.25) is 0 Å². The minimum absolute atomic E-state index is 0.242. The molecule has 0 bridgehead atoms. The van der Waals surface area contributed by atoms with E-state index in [2.05, 4.69) is 4.90 Å². The van der Waals surface area contributed by atoms with Crippen LogP contribution in [0.1, 0.15) is 43.9 Å². The van der Waals surface area contributed by atoms with E-state index < -0.39 is 11.9 Å². The van der Waals surface area contributed by atoms with Gasteiger partial charge in [0.1, 0.15) is 0 Å². The summed E-state index contributed by atoms with van der Waals surface area (Å²) in [6, 6.07) is 11.2. The van der Waals surface area contributed by atoms with Crippen molar-refractivity contribution in [3.05, 3.63) is 57.6 Å². The average Bonchev–Trinajstić information content (AvgIpc) is 2.73. The van der Waals surface area contributed by atoms with Gasteiger partial charge in [-0.2, -0.15) is 0 Å². The van der Waals surface area contributed by atoms with Crippen molar-refractivity contribution in [3.63, 3.8) is 0 Å². The second-order valence-electron chi connectivity index (χ2n) is 7.29. The molecule has 2 aromatic carbocycles. The number of piperidine rings is 1. The molecule has 0 aliphatic carbocycles. The Morgan fingerprint density at radius 3 is 2.60 bits per heavy atom. The Hall–Kier alpha value is -1.95. The quantitative estimate of drug-likeness (QED) is 0.559. The van der Waals surface area contributed by atoms with Gasteiger partial charge in [0.25, 0.3) is 0 Å². The van der Waals surface area contributed by atoms with Crippen molar-refractivity contribution >= 4 is 29.2 Å². The molecule has 1 aliphatic rings. The van der Waals surface area contributed by atoms with E-state index >= 15 is 0 Å². The minimum Gasteiger partial charge on any atom is -0.490 e. The summed E-state index contributed by atoms with van der Waals surface area (Å²) < 4.78 is 11.5. The molecule has 0 saturated carbocycles. The lowest BCUT2D eigenvalue weighted by molar-refractivity contribution is -0.143. The molecule has 0 spiro atoms. The minimum atomic E-state index is -0.766. The molecule has 7 heteroatoms. The highest BCUT2D eigenvalue weighted by Crippen LogP contribution is 2.41. The van der Waals surface area contributed by atoms with Crippen molar-refractivity contribution in [2.75, 3.05) is 26.3 Å². The highest BCUT2D eigenvalue weighted by atomic mass is 35.5. The van der Waals surface area contributed by atoms with Crippen LogP contribution in [0.2, 0.25) is 10.0 Å². The van der Waals surface area contributed by atoms with Crippen molar-refractivity contribution in [1.82, 2.24) is 4.90 Å². The number of benzene rings is 2. The number of rotatable bonds is 8. The number of aliphatic carboxylic acids is 1. The van der Waals surface area contributed by atoms with Crippen LogP contribution in [0.15, 0.2) is 36.4 Å². The predicted octanol–water partition coefficient (Wildman–Crippen LogP) is 5.68. The van der Waals surface area contributed by atoms with Gasteiger partial charge in [0, 0.05) is 6.54 Å². The Balaban J connectivity index is 2.09. The summed E-state index contributed by atoms with van der Waals surface area (Å²) in [6.45, 7) is 6.12. The number of carboxylic acid groups (broad SMARTS) is 1. The molecule has 2 aromatic rings. The van der Waals surface area contributed by atoms with Crippen LogP contribution in [0.25, 0.3) is 0 Å². The van der Waals surface area contributed by atoms with Crippen molar-refractivity contribution in [2.24, 2.45) is 5.92 Å². The van der Waals surface area contributed by atoms with E-state index in [-0.39, 0.29) is 6.04 Å². The van der Waals surface area contributed by atoms with Gasteiger partial charge in [-0.05, 0) is 62.6 Å². The monoisotopic (exact) mass is 451 g/mol. The number of hydrogen-bond acceptors (Lipinski definition) is 4. The summed E-state index contributed by atoms with van der Waals surface area (Å²) in [5.41, 5.74) is 1.80. The maximum absolute atomic E-state index is 11.7. The van der Waals surface area contributed by atoms with Gasteiger partial charge in [-0.25, -0.2) is 0 Å². The van der Waals surface area contributed by atoms with Gasteiger partial charge >= 0.3 is 5.97 Å². The van der Waals surface area contributed by atoms with Crippen LogP contribution in [-0.4, -0.2) is 42.3 Å². The van der Waals surface area contributed by atoms with Crippen LogP contribution >= 0.6 is 23.2 Å². The molecule has 162 valence electrons. The Bertz CT molecular complexity index is 890. The molecule has 0 radical (unpaired) electrons. The summed E-state index contributed by atoms with van der Waals surface area (Å²) in [6.07, 6.45) is 1.48. The molecule has 3 rings (SSSR count). The predicted molar refractivity (Wildman–Crippen MR) is 119 cm³/mol. The van der Waals surface area contributed by atoms with E-state index in [4.69, 9.17) is 32.7 Å². The van der Waals surface area contributed by atoms with Crippen molar-refractivity contribution in [2.45, 2.75) is 32.7 Å². The Morgan fingerprint density at radius 1 is 1.17 bits per heavy atom. The summed E-state index contributed by atoms with van der Waals surface area (Å²) in [5, 5.41) is 10.5. The van der Waals surface area contributed by atoms with Crippen molar-refractivity contribution < 1.29 is 19.4 Å². The van der Waals surface area contributed by atoms with E-state index in [1.165, 1.54) is 0 Å². The van der Waals surface area contributed by atoms with Crippen LogP contribution < -0.4 is 9.47 Å². The third-order valence-corrected chi connectivity index (χ3v) is 6.16. The number of ether oxygens (including phenoxy) is 2. The summed E-state index contributed by atoms with van der Waals surface area (Å²) in [5.74, 6) is 0.165. The summed E-state index contributed by atoms with van der Waals surface area (Å²) >= 11 is 12.9. The zero-order chi connectivity index (χ0) is 21.7. The molecular weight excluding hydrogens is 425 g/mol. The molecule has 1 heterocycles. The fraction of sp³-hybridized carbons (Fsp3) is 0.435. The SMILES string of the molecule is CCOc1ccc(C(c2cccc(Cl)c2Cl)N2CCCC(C(=O)O)C2)cc1OCC. The lowest BCUT2D eigenvalue weighted by Crippen LogP contribution is -2.41. The van der Waals surface area contributed by atoms with Crippen LogP contribution in [0, 0.1) is 5.92 Å². The molecule has 1 fully saturated rings. The molecule has 5 nitrogen and oxygen atoms in total. The van der Waals surface area contributed by atoms with E-state index in [0.717, 1.165) is 24.1 Å². The number of nitrogens with zero attached hydrogens (tertiary/aromatic N) is 1. The summed E-state index contributed by atoms with van der Waals surface area (Å²) in [4.78, 5) is 13.8. The van der Waals surface area contributed by atoms with Gasteiger partial charge in [-0.1, -0.05) is 41.4 Å².